The average Bonchev–Trinajstić information content (AvgIpc) is 2.32. The van der Waals surface area contributed by atoms with Gasteiger partial charge in [-0.2, -0.15) is 5.26 Å². The maximum absolute atomic E-state index is 10.0. The lowest BCUT2D eigenvalue weighted by Crippen LogP contribution is -2.38. The minimum atomic E-state index is -0.700. The van der Waals surface area contributed by atoms with Crippen molar-refractivity contribution in [3.05, 3.63) is 0 Å². The molecule has 1 N–H and O–H groups in total. The molecule has 0 aromatic carbocycles. The minimum absolute atomic E-state index is 0.222. The minimum Gasteiger partial charge on any atom is -0.388 e. The van der Waals surface area contributed by atoms with Crippen LogP contribution in [0.1, 0.15) is 33.1 Å². The maximum atomic E-state index is 10.0. The molecule has 0 spiro atoms. The largest absolute Gasteiger partial charge is 0.388 e. The lowest BCUT2D eigenvalue weighted by atomic mass is 9.82. The predicted octanol–water partition coefficient (Wildman–Crippen LogP) is 1.70. The highest BCUT2D eigenvalue weighted by Crippen LogP contribution is 2.40. The Hall–Kier alpha value is -0.550. The zero-order valence-electron chi connectivity index (χ0n) is 7.17. The normalized spacial score (nSPS) is 40.0. The van der Waals surface area contributed by atoms with Gasteiger partial charge in [-0.15, -0.1) is 0 Å². The Bertz CT molecular complexity index is 184. The van der Waals surface area contributed by atoms with Crippen molar-refractivity contribution in [2.45, 2.75) is 38.7 Å². The van der Waals surface area contributed by atoms with Gasteiger partial charge in [-0.3, -0.25) is 0 Å². The lowest BCUT2D eigenvalue weighted by molar-refractivity contribution is -0.0210. The Morgan fingerprint density at radius 2 is 2.36 bits per heavy atom. The summed E-state index contributed by atoms with van der Waals surface area (Å²) in [5, 5.41) is 18.7. The molecule has 11 heavy (non-hydrogen) atoms. The number of hydrogen-bond donors (Lipinski definition) is 1. The second-order valence-electron chi connectivity index (χ2n) is 3.64. The molecule has 3 unspecified atom stereocenters. The van der Waals surface area contributed by atoms with Gasteiger partial charge in [-0.05, 0) is 25.7 Å². The summed E-state index contributed by atoms with van der Waals surface area (Å²) in [6, 6.07) is 2.13. The molecule has 2 nitrogen and oxygen atoms in total. The highest BCUT2D eigenvalue weighted by Gasteiger charge is 2.42. The first-order chi connectivity index (χ1) is 5.11. The molecule has 0 heterocycles. The molecule has 0 aliphatic heterocycles. The molecule has 1 fully saturated rings. The predicted molar refractivity (Wildman–Crippen MR) is 42.7 cm³/mol. The smallest absolute Gasteiger partial charge is 0.0827 e. The molecule has 1 rings (SSSR count). The first kappa shape index (κ1) is 8.55. The first-order valence-corrected chi connectivity index (χ1v) is 4.23. The van der Waals surface area contributed by atoms with Crippen LogP contribution in [0.5, 0.6) is 0 Å². The standard InChI is InChI=1S/C9H15NO/c1-7-4-3-5-9(7,11)8(2)6-10/h7-8,11H,3-5H2,1-2H3. The van der Waals surface area contributed by atoms with E-state index in [-0.39, 0.29) is 11.8 Å². The van der Waals surface area contributed by atoms with E-state index in [1.165, 1.54) is 0 Å². The van der Waals surface area contributed by atoms with Crippen molar-refractivity contribution >= 4 is 0 Å². The Labute approximate surface area is 67.8 Å². The van der Waals surface area contributed by atoms with Crippen molar-refractivity contribution < 1.29 is 5.11 Å². The van der Waals surface area contributed by atoms with Crippen LogP contribution in [0.3, 0.4) is 0 Å². The van der Waals surface area contributed by atoms with E-state index in [2.05, 4.69) is 6.07 Å². The quantitative estimate of drug-likeness (QED) is 0.623. The zero-order valence-corrected chi connectivity index (χ0v) is 7.17. The molecule has 0 amide bonds. The molecule has 1 saturated carbocycles. The van der Waals surface area contributed by atoms with Crippen molar-refractivity contribution in [2.75, 3.05) is 0 Å². The lowest BCUT2D eigenvalue weighted by Gasteiger charge is -2.29. The van der Waals surface area contributed by atoms with Gasteiger partial charge in [0.25, 0.3) is 0 Å². The highest BCUT2D eigenvalue weighted by molar-refractivity contribution is 5.01. The van der Waals surface area contributed by atoms with Crippen LogP contribution in [-0.4, -0.2) is 10.7 Å². The molecular formula is C9H15NO. The molecule has 2 heteroatoms. The van der Waals surface area contributed by atoms with E-state index in [9.17, 15) is 5.11 Å². The van der Waals surface area contributed by atoms with Gasteiger partial charge >= 0.3 is 0 Å². The summed E-state index contributed by atoms with van der Waals surface area (Å²) in [7, 11) is 0. The van der Waals surface area contributed by atoms with Crippen LogP contribution in [0.4, 0.5) is 0 Å². The Kier molecular flexibility index (Phi) is 2.20. The summed E-state index contributed by atoms with van der Waals surface area (Å²) < 4.78 is 0. The topological polar surface area (TPSA) is 44.0 Å². The van der Waals surface area contributed by atoms with Gasteiger partial charge < -0.3 is 5.11 Å². The van der Waals surface area contributed by atoms with Crippen molar-refractivity contribution in [1.82, 2.24) is 0 Å². The van der Waals surface area contributed by atoms with Crippen LogP contribution in [0.25, 0.3) is 0 Å². The monoisotopic (exact) mass is 153 g/mol. The summed E-state index contributed by atoms with van der Waals surface area (Å²) in [6.07, 6.45) is 2.91. The van der Waals surface area contributed by atoms with Gasteiger partial charge in [-0.25, -0.2) is 0 Å². The summed E-state index contributed by atoms with van der Waals surface area (Å²) in [6.45, 7) is 3.84. The molecule has 0 radical (unpaired) electrons. The Morgan fingerprint density at radius 3 is 2.73 bits per heavy atom. The number of nitrogens with zero attached hydrogens (tertiary/aromatic N) is 1. The molecular weight excluding hydrogens is 138 g/mol. The summed E-state index contributed by atoms with van der Waals surface area (Å²) >= 11 is 0. The third-order valence-electron chi connectivity index (χ3n) is 3.01. The summed E-state index contributed by atoms with van der Waals surface area (Å²) in [5.74, 6) is 0.0668. The number of aliphatic hydroxyl groups is 1. The SMILES string of the molecule is CC(C#N)C1(O)CCCC1C. The van der Waals surface area contributed by atoms with Crippen LogP contribution in [0.2, 0.25) is 0 Å². The van der Waals surface area contributed by atoms with Crippen LogP contribution < -0.4 is 0 Å². The fourth-order valence-corrected chi connectivity index (χ4v) is 1.94. The van der Waals surface area contributed by atoms with Gasteiger partial charge in [-0.1, -0.05) is 13.3 Å². The number of nitriles is 1. The van der Waals surface area contributed by atoms with E-state index < -0.39 is 5.60 Å². The van der Waals surface area contributed by atoms with Crippen LogP contribution in [-0.2, 0) is 0 Å². The van der Waals surface area contributed by atoms with Crippen molar-refractivity contribution in [3.63, 3.8) is 0 Å². The fraction of sp³-hybridized carbons (Fsp3) is 0.889. The van der Waals surface area contributed by atoms with Crippen molar-refractivity contribution in [2.24, 2.45) is 11.8 Å². The molecule has 3 atom stereocenters. The fourth-order valence-electron chi connectivity index (χ4n) is 1.94. The molecule has 0 bridgehead atoms. The average molecular weight is 153 g/mol. The van der Waals surface area contributed by atoms with E-state index >= 15 is 0 Å². The van der Waals surface area contributed by atoms with Crippen molar-refractivity contribution in [3.8, 4) is 6.07 Å². The maximum Gasteiger partial charge on any atom is 0.0827 e. The molecule has 62 valence electrons. The zero-order chi connectivity index (χ0) is 8.48. The highest BCUT2D eigenvalue weighted by atomic mass is 16.3. The van der Waals surface area contributed by atoms with E-state index in [0.29, 0.717) is 0 Å². The van der Waals surface area contributed by atoms with Crippen LogP contribution >= 0.6 is 0 Å². The first-order valence-electron chi connectivity index (χ1n) is 4.23. The number of rotatable bonds is 1. The van der Waals surface area contributed by atoms with E-state index in [1.807, 2.05) is 13.8 Å². The van der Waals surface area contributed by atoms with Crippen molar-refractivity contribution in [1.29, 1.82) is 5.26 Å². The molecule has 0 aromatic rings. The van der Waals surface area contributed by atoms with E-state index in [0.717, 1.165) is 19.3 Å². The molecule has 0 aromatic heterocycles. The third-order valence-corrected chi connectivity index (χ3v) is 3.01. The van der Waals surface area contributed by atoms with Gasteiger partial charge in [0.1, 0.15) is 0 Å². The number of hydrogen-bond acceptors (Lipinski definition) is 2. The van der Waals surface area contributed by atoms with Gasteiger partial charge in [0.05, 0.1) is 17.6 Å². The molecule has 0 saturated heterocycles. The van der Waals surface area contributed by atoms with Gasteiger partial charge in [0.15, 0.2) is 0 Å². The van der Waals surface area contributed by atoms with E-state index in [4.69, 9.17) is 5.26 Å². The molecule has 1 aliphatic carbocycles. The summed E-state index contributed by atoms with van der Waals surface area (Å²) in [4.78, 5) is 0. The van der Waals surface area contributed by atoms with E-state index in [1.54, 1.807) is 0 Å². The Morgan fingerprint density at radius 1 is 1.73 bits per heavy atom. The third kappa shape index (κ3) is 1.25. The second kappa shape index (κ2) is 2.83. The molecule has 1 aliphatic rings. The Balaban J connectivity index is 2.74. The van der Waals surface area contributed by atoms with Gasteiger partial charge in [0.2, 0.25) is 0 Å². The van der Waals surface area contributed by atoms with Crippen LogP contribution in [0.15, 0.2) is 0 Å². The van der Waals surface area contributed by atoms with Crippen LogP contribution in [0, 0.1) is 23.2 Å². The van der Waals surface area contributed by atoms with Gasteiger partial charge in [0, 0.05) is 0 Å². The second-order valence-corrected chi connectivity index (χ2v) is 3.64. The summed E-state index contributed by atoms with van der Waals surface area (Å²) in [5.41, 5.74) is -0.700.